The van der Waals surface area contributed by atoms with Crippen molar-refractivity contribution < 1.29 is 0 Å². The van der Waals surface area contributed by atoms with E-state index in [9.17, 15) is 0 Å². The zero-order chi connectivity index (χ0) is 14.8. The van der Waals surface area contributed by atoms with E-state index in [0.717, 1.165) is 22.7 Å². The van der Waals surface area contributed by atoms with Crippen LogP contribution in [0.5, 0.6) is 0 Å². The number of hydrogen-bond donors (Lipinski definition) is 0. The fourth-order valence-electron chi connectivity index (χ4n) is 1.54. The quantitative estimate of drug-likeness (QED) is 0.571. The van der Waals surface area contributed by atoms with Crippen LogP contribution in [-0.4, -0.2) is 6.21 Å². The van der Waals surface area contributed by atoms with Crippen LogP contribution in [0.1, 0.15) is 58.6 Å². The Bertz CT molecular complexity index is 412. The molecule has 0 aromatic heterocycles. The molecular formula is C18H29N. The van der Waals surface area contributed by atoms with Crippen LogP contribution in [0.2, 0.25) is 0 Å². The molecule has 1 heteroatoms. The van der Waals surface area contributed by atoms with Gasteiger partial charge in [-0.25, -0.2) is 0 Å². The zero-order valence-electron chi connectivity index (χ0n) is 13.5. The number of aliphatic imine (C=N–C) groups is 1. The molecule has 0 fully saturated rings. The number of nitrogens with zero attached hydrogens (tertiary/aromatic N) is 1. The minimum atomic E-state index is 0.935. The molecule has 0 bridgehead atoms. The standard InChI is InChI=1S/C12H15N.C6H14/c1-5-13-12-8-10(4)6-7-11(12)9(2)3;1-4-6(3)5-2/h5-8H,2H2,1,3-4H3;6H,4-5H2,1-3H3. The third kappa shape index (κ3) is 6.95. The van der Waals surface area contributed by atoms with Gasteiger partial charge in [0.1, 0.15) is 0 Å². The van der Waals surface area contributed by atoms with E-state index in [2.05, 4.69) is 57.5 Å². The van der Waals surface area contributed by atoms with Gasteiger partial charge in [0.05, 0.1) is 5.69 Å². The Balaban J connectivity index is 0.000000459. The van der Waals surface area contributed by atoms with E-state index in [4.69, 9.17) is 0 Å². The van der Waals surface area contributed by atoms with Gasteiger partial charge in [0, 0.05) is 11.8 Å². The molecule has 0 radical (unpaired) electrons. The van der Waals surface area contributed by atoms with Gasteiger partial charge in [0.2, 0.25) is 0 Å². The monoisotopic (exact) mass is 259 g/mol. The first-order valence-electron chi connectivity index (χ1n) is 7.21. The summed E-state index contributed by atoms with van der Waals surface area (Å²) in [5.74, 6) is 0.935. The lowest BCUT2D eigenvalue weighted by Crippen LogP contribution is -1.85. The van der Waals surface area contributed by atoms with Gasteiger partial charge in [-0.05, 0) is 43.9 Å². The number of benzene rings is 1. The Morgan fingerprint density at radius 1 is 1.32 bits per heavy atom. The highest BCUT2D eigenvalue weighted by Crippen LogP contribution is 2.25. The van der Waals surface area contributed by atoms with E-state index in [0.29, 0.717) is 0 Å². The highest BCUT2D eigenvalue weighted by atomic mass is 14.7. The number of rotatable bonds is 4. The molecule has 0 aliphatic heterocycles. The number of aryl methyl sites for hydroxylation is 1. The third-order valence-electron chi connectivity index (χ3n) is 3.28. The highest BCUT2D eigenvalue weighted by molar-refractivity contribution is 5.75. The lowest BCUT2D eigenvalue weighted by atomic mass is 10.0. The molecule has 106 valence electrons. The summed E-state index contributed by atoms with van der Waals surface area (Å²) in [4.78, 5) is 4.30. The first kappa shape index (κ1) is 17.6. The maximum atomic E-state index is 4.30. The second-order valence-corrected chi connectivity index (χ2v) is 5.11. The summed E-state index contributed by atoms with van der Waals surface area (Å²) in [6, 6.07) is 6.22. The molecule has 19 heavy (non-hydrogen) atoms. The first-order valence-corrected chi connectivity index (χ1v) is 7.21. The van der Waals surface area contributed by atoms with Crippen LogP contribution in [0.3, 0.4) is 0 Å². The van der Waals surface area contributed by atoms with Gasteiger partial charge >= 0.3 is 0 Å². The second kappa shape index (κ2) is 9.55. The van der Waals surface area contributed by atoms with Gasteiger partial charge in [-0.15, -0.1) is 0 Å². The van der Waals surface area contributed by atoms with E-state index in [1.54, 1.807) is 6.21 Å². The van der Waals surface area contributed by atoms with Crippen molar-refractivity contribution >= 4 is 17.5 Å². The van der Waals surface area contributed by atoms with Crippen LogP contribution in [-0.2, 0) is 0 Å². The molecule has 0 saturated heterocycles. The van der Waals surface area contributed by atoms with Gasteiger partial charge in [-0.1, -0.05) is 52.3 Å². The number of hydrogen-bond acceptors (Lipinski definition) is 1. The topological polar surface area (TPSA) is 12.4 Å². The summed E-state index contributed by atoms with van der Waals surface area (Å²) >= 11 is 0. The predicted molar refractivity (Wildman–Crippen MR) is 89.5 cm³/mol. The Kier molecular flexibility index (Phi) is 8.86. The molecule has 1 aromatic carbocycles. The first-order chi connectivity index (χ1) is 8.96. The van der Waals surface area contributed by atoms with Crippen LogP contribution in [0.4, 0.5) is 5.69 Å². The van der Waals surface area contributed by atoms with Crippen molar-refractivity contribution in [3.05, 3.63) is 35.9 Å². The SMILES string of the molecule is C=C(C)c1ccc(C)cc1N=CC.CCC(C)CC. The van der Waals surface area contributed by atoms with E-state index in [-0.39, 0.29) is 0 Å². The van der Waals surface area contributed by atoms with Crippen molar-refractivity contribution in [2.24, 2.45) is 10.9 Å². The molecule has 1 rings (SSSR count). The molecule has 0 saturated carbocycles. The molecule has 1 nitrogen and oxygen atoms in total. The normalized spacial score (nSPS) is 10.5. The van der Waals surface area contributed by atoms with Crippen LogP contribution in [0.25, 0.3) is 5.57 Å². The van der Waals surface area contributed by atoms with Crippen molar-refractivity contribution in [3.8, 4) is 0 Å². The third-order valence-corrected chi connectivity index (χ3v) is 3.28. The van der Waals surface area contributed by atoms with Crippen LogP contribution in [0, 0.1) is 12.8 Å². The zero-order valence-corrected chi connectivity index (χ0v) is 13.5. The molecule has 0 unspecified atom stereocenters. The molecule has 0 N–H and O–H groups in total. The molecule has 0 spiro atoms. The Morgan fingerprint density at radius 3 is 2.26 bits per heavy atom. The van der Waals surface area contributed by atoms with E-state index >= 15 is 0 Å². The average molecular weight is 259 g/mol. The Labute approximate surface area is 119 Å². The fourth-order valence-corrected chi connectivity index (χ4v) is 1.54. The van der Waals surface area contributed by atoms with Gasteiger partial charge in [0.15, 0.2) is 0 Å². The summed E-state index contributed by atoms with van der Waals surface area (Å²) in [6.45, 7) is 16.6. The van der Waals surface area contributed by atoms with Crippen LogP contribution in [0.15, 0.2) is 29.8 Å². The Hall–Kier alpha value is -1.37. The summed E-state index contributed by atoms with van der Waals surface area (Å²) in [5.41, 5.74) is 4.42. The van der Waals surface area contributed by atoms with E-state index < -0.39 is 0 Å². The Morgan fingerprint density at radius 2 is 1.89 bits per heavy atom. The maximum absolute atomic E-state index is 4.30. The van der Waals surface area contributed by atoms with Crippen molar-refractivity contribution in [3.63, 3.8) is 0 Å². The largest absolute Gasteiger partial charge is 0.261 e. The van der Waals surface area contributed by atoms with Gasteiger partial charge in [0.25, 0.3) is 0 Å². The lowest BCUT2D eigenvalue weighted by Gasteiger charge is -2.05. The molecule has 0 heterocycles. The number of allylic oxidation sites excluding steroid dienone is 1. The van der Waals surface area contributed by atoms with E-state index in [1.165, 1.54) is 18.4 Å². The highest BCUT2D eigenvalue weighted by Gasteiger charge is 2.00. The molecule has 0 aliphatic carbocycles. The van der Waals surface area contributed by atoms with Crippen LogP contribution < -0.4 is 0 Å². The average Bonchev–Trinajstić information content (AvgIpc) is 2.38. The summed E-state index contributed by atoms with van der Waals surface area (Å²) < 4.78 is 0. The summed E-state index contributed by atoms with van der Waals surface area (Å²) in [6.07, 6.45) is 4.47. The second-order valence-electron chi connectivity index (χ2n) is 5.11. The van der Waals surface area contributed by atoms with Crippen molar-refractivity contribution in [2.45, 2.75) is 54.4 Å². The smallest absolute Gasteiger partial charge is 0.0702 e. The molecule has 1 aromatic rings. The van der Waals surface area contributed by atoms with Gasteiger partial charge in [-0.3, -0.25) is 4.99 Å². The van der Waals surface area contributed by atoms with Crippen molar-refractivity contribution in [1.29, 1.82) is 0 Å². The minimum absolute atomic E-state index is 0.935. The molecule has 0 aliphatic rings. The van der Waals surface area contributed by atoms with Crippen LogP contribution >= 0.6 is 0 Å². The van der Waals surface area contributed by atoms with Crippen molar-refractivity contribution in [1.82, 2.24) is 0 Å². The molecular weight excluding hydrogens is 230 g/mol. The van der Waals surface area contributed by atoms with E-state index in [1.807, 2.05) is 13.8 Å². The summed E-state index contributed by atoms with van der Waals surface area (Å²) in [5, 5.41) is 0. The van der Waals surface area contributed by atoms with Gasteiger partial charge in [-0.2, -0.15) is 0 Å². The molecule has 0 amide bonds. The fraction of sp³-hybridized carbons (Fsp3) is 0.500. The summed E-state index contributed by atoms with van der Waals surface area (Å²) in [7, 11) is 0. The molecule has 0 atom stereocenters. The van der Waals surface area contributed by atoms with Gasteiger partial charge < -0.3 is 0 Å². The minimum Gasteiger partial charge on any atom is -0.261 e. The lowest BCUT2D eigenvalue weighted by molar-refractivity contribution is 0.544. The maximum Gasteiger partial charge on any atom is 0.0702 e. The predicted octanol–water partition coefficient (Wildman–Crippen LogP) is 6.19. The van der Waals surface area contributed by atoms with Crippen molar-refractivity contribution in [2.75, 3.05) is 0 Å².